The number of amidine groups is 1. The number of hydrogen-bond acceptors (Lipinski definition) is 4. The van der Waals surface area contributed by atoms with Crippen LogP contribution < -0.4 is 5.32 Å². The fourth-order valence-electron chi connectivity index (χ4n) is 3.58. The van der Waals surface area contributed by atoms with E-state index >= 15 is 0 Å². The van der Waals surface area contributed by atoms with Gasteiger partial charge in [0.25, 0.3) is 0 Å². The molecule has 0 aromatic carbocycles. The Morgan fingerprint density at radius 2 is 2.00 bits per heavy atom. The van der Waals surface area contributed by atoms with E-state index in [4.69, 9.17) is 4.99 Å². The van der Waals surface area contributed by atoms with Crippen LogP contribution in [0.3, 0.4) is 0 Å². The van der Waals surface area contributed by atoms with Crippen LogP contribution in [-0.2, 0) is 0 Å². The van der Waals surface area contributed by atoms with Gasteiger partial charge in [0.15, 0.2) is 0 Å². The second-order valence-corrected chi connectivity index (χ2v) is 7.52. The summed E-state index contributed by atoms with van der Waals surface area (Å²) >= 11 is 0. The Morgan fingerprint density at radius 1 is 1.30 bits per heavy atom. The van der Waals surface area contributed by atoms with E-state index in [0.717, 1.165) is 47.2 Å². The van der Waals surface area contributed by atoms with Gasteiger partial charge in [-0.3, -0.25) is 4.99 Å². The van der Waals surface area contributed by atoms with Gasteiger partial charge in [-0.05, 0) is 81.5 Å². The van der Waals surface area contributed by atoms with E-state index in [9.17, 15) is 0 Å². The molecule has 3 aliphatic heterocycles. The molecule has 0 aliphatic carbocycles. The topological polar surface area (TPSA) is 40.0 Å². The fourth-order valence-corrected chi connectivity index (χ4v) is 3.58. The molecule has 3 aliphatic rings. The molecule has 0 spiro atoms. The highest BCUT2D eigenvalue weighted by atomic mass is 15.2. The number of hydrogen-bond donors (Lipinski definition) is 1. The number of nitrogens with zero attached hydrogens (tertiary/aromatic N) is 3. The maximum Gasteiger partial charge on any atom is 0.140 e. The summed E-state index contributed by atoms with van der Waals surface area (Å²) in [6, 6.07) is 0. The van der Waals surface area contributed by atoms with E-state index < -0.39 is 0 Å². The van der Waals surface area contributed by atoms with Crippen molar-refractivity contribution in [3.63, 3.8) is 0 Å². The summed E-state index contributed by atoms with van der Waals surface area (Å²) in [5.74, 6) is 1.55. The molecular weight excluding hydrogens is 332 g/mol. The molecule has 0 aromatic heterocycles. The van der Waals surface area contributed by atoms with Crippen molar-refractivity contribution in [3.05, 3.63) is 71.3 Å². The standard InChI is InChI=1S/C23H30N4/c1-15(2)16(3)12-21(24-6)22-13-18(5)27-14-20(11-17(4)23(27)26-22)19-7-9-25-10-8-19/h11-14,19,25H,1,5,7-10H2,2-4,6H3/b16-12+,24-21?. The fraction of sp³-hybridized carbons (Fsp3) is 0.391. The predicted octanol–water partition coefficient (Wildman–Crippen LogP) is 4.53. The number of piperidine rings is 1. The number of aliphatic imine (C=N–C) groups is 2. The van der Waals surface area contributed by atoms with Gasteiger partial charge in [0.2, 0.25) is 0 Å². The summed E-state index contributed by atoms with van der Waals surface area (Å²) in [4.78, 5) is 11.5. The van der Waals surface area contributed by atoms with Crippen LogP contribution >= 0.6 is 0 Å². The summed E-state index contributed by atoms with van der Waals surface area (Å²) in [6.07, 6.45) is 10.9. The lowest BCUT2D eigenvalue weighted by atomic mass is 9.87. The largest absolute Gasteiger partial charge is 0.317 e. The Balaban J connectivity index is 1.91. The van der Waals surface area contributed by atoms with E-state index in [1.54, 1.807) is 7.05 Å². The van der Waals surface area contributed by atoms with Gasteiger partial charge < -0.3 is 10.2 Å². The van der Waals surface area contributed by atoms with Crippen LogP contribution in [0.5, 0.6) is 0 Å². The van der Waals surface area contributed by atoms with Gasteiger partial charge in [-0.15, -0.1) is 0 Å². The Hall–Kier alpha value is -2.46. The first kappa shape index (κ1) is 19.3. The minimum absolute atomic E-state index is 0.606. The molecule has 27 heavy (non-hydrogen) atoms. The van der Waals surface area contributed by atoms with Crippen molar-refractivity contribution in [3.8, 4) is 0 Å². The zero-order valence-corrected chi connectivity index (χ0v) is 17.0. The van der Waals surface area contributed by atoms with Crippen LogP contribution in [0.2, 0.25) is 0 Å². The molecule has 0 amide bonds. The van der Waals surface area contributed by atoms with Crippen LogP contribution in [0.4, 0.5) is 0 Å². The first-order valence-electron chi connectivity index (χ1n) is 9.61. The average molecular weight is 363 g/mol. The highest BCUT2D eigenvalue weighted by Gasteiger charge is 2.27. The lowest BCUT2D eigenvalue weighted by Crippen LogP contribution is -2.34. The normalized spacial score (nSPS) is 21.9. The zero-order valence-electron chi connectivity index (χ0n) is 17.0. The number of rotatable bonds is 4. The number of nitrogens with one attached hydrogen (secondary N) is 1. The Labute approximate surface area is 163 Å². The zero-order chi connectivity index (χ0) is 19.6. The molecular formula is C23H30N4. The Kier molecular flexibility index (Phi) is 5.76. The minimum atomic E-state index is 0.606. The molecule has 142 valence electrons. The third-order valence-electron chi connectivity index (χ3n) is 5.42. The molecule has 0 atom stereocenters. The van der Waals surface area contributed by atoms with Crippen molar-refractivity contribution in [1.29, 1.82) is 0 Å². The lowest BCUT2D eigenvalue weighted by molar-refractivity contribution is 0.420. The van der Waals surface area contributed by atoms with Crippen molar-refractivity contribution in [1.82, 2.24) is 10.2 Å². The minimum Gasteiger partial charge on any atom is -0.317 e. The molecule has 0 radical (unpaired) electrons. The summed E-state index contributed by atoms with van der Waals surface area (Å²) < 4.78 is 0. The SMILES string of the molecule is C=C(C)/C(C)=C/C(=NC)C1=CC(=C)N2C=C(C3CCNCC3)C=C(C)C2=N1. The third kappa shape index (κ3) is 4.11. The smallest absolute Gasteiger partial charge is 0.140 e. The molecule has 3 heterocycles. The van der Waals surface area contributed by atoms with Gasteiger partial charge in [0.05, 0.1) is 11.4 Å². The second-order valence-electron chi connectivity index (χ2n) is 7.52. The predicted molar refractivity (Wildman–Crippen MR) is 116 cm³/mol. The van der Waals surface area contributed by atoms with Gasteiger partial charge in [-0.2, -0.15) is 0 Å². The van der Waals surface area contributed by atoms with Crippen molar-refractivity contribution < 1.29 is 0 Å². The van der Waals surface area contributed by atoms with Gasteiger partial charge in [0, 0.05) is 18.9 Å². The molecule has 0 aromatic rings. The summed E-state index contributed by atoms with van der Waals surface area (Å²) in [5.41, 5.74) is 7.32. The van der Waals surface area contributed by atoms with Crippen molar-refractivity contribution in [2.75, 3.05) is 20.1 Å². The average Bonchev–Trinajstić information content (AvgIpc) is 2.66. The molecule has 3 rings (SSSR count). The molecule has 1 N–H and O–H groups in total. The molecule has 0 saturated carbocycles. The van der Waals surface area contributed by atoms with E-state index in [1.165, 1.54) is 24.0 Å². The van der Waals surface area contributed by atoms with Crippen molar-refractivity contribution in [2.24, 2.45) is 15.9 Å². The van der Waals surface area contributed by atoms with E-state index in [-0.39, 0.29) is 0 Å². The van der Waals surface area contributed by atoms with E-state index in [2.05, 4.69) is 47.6 Å². The van der Waals surface area contributed by atoms with Crippen LogP contribution in [0.15, 0.2) is 81.3 Å². The molecule has 1 saturated heterocycles. The Bertz CT molecular complexity index is 840. The first-order valence-corrected chi connectivity index (χ1v) is 9.61. The first-order chi connectivity index (χ1) is 12.9. The van der Waals surface area contributed by atoms with Crippen LogP contribution in [-0.4, -0.2) is 36.6 Å². The summed E-state index contributed by atoms with van der Waals surface area (Å²) in [6.45, 7) is 16.7. The summed E-state index contributed by atoms with van der Waals surface area (Å²) in [7, 11) is 1.80. The summed E-state index contributed by atoms with van der Waals surface area (Å²) in [5, 5.41) is 3.44. The highest BCUT2D eigenvalue weighted by molar-refractivity contribution is 6.13. The van der Waals surface area contributed by atoms with Crippen LogP contribution in [0, 0.1) is 5.92 Å². The van der Waals surface area contributed by atoms with Crippen LogP contribution in [0.1, 0.15) is 33.6 Å². The van der Waals surface area contributed by atoms with Gasteiger partial charge in [-0.1, -0.05) is 24.8 Å². The molecule has 0 bridgehead atoms. The van der Waals surface area contributed by atoms with Gasteiger partial charge in [0.1, 0.15) is 5.84 Å². The van der Waals surface area contributed by atoms with Gasteiger partial charge in [-0.25, -0.2) is 4.99 Å². The molecule has 0 unspecified atom stereocenters. The maximum absolute atomic E-state index is 4.91. The van der Waals surface area contributed by atoms with Gasteiger partial charge >= 0.3 is 0 Å². The number of fused-ring (bicyclic) bond motifs is 1. The lowest BCUT2D eigenvalue weighted by Gasteiger charge is -2.34. The quantitative estimate of drug-likeness (QED) is 0.589. The monoisotopic (exact) mass is 362 g/mol. The molecule has 1 fully saturated rings. The molecule has 4 nitrogen and oxygen atoms in total. The Morgan fingerprint density at radius 3 is 2.63 bits per heavy atom. The van der Waals surface area contributed by atoms with Crippen molar-refractivity contribution >= 4 is 11.5 Å². The molecule has 4 heteroatoms. The van der Waals surface area contributed by atoms with E-state index in [1.807, 2.05) is 26.0 Å². The van der Waals surface area contributed by atoms with Crippen molar-refractivity contribution in [2.45, 2.75) is 33.6 Å². The van der Waals surface area contributed by atoms with Crippen LogP contribution in [0.25, 0.3) is 0 Å². The number of allylic oxidation sites excluding steroid dienone is 6. The third-order valence-corrected chi connectivity index (χ3v) is 5.42. The highest BCUT2D eigenvalue weighted by Crippen LogP contribution is 2.32. The maximum atomic E-state index is 4.91. The second kappa shape index (κ2) is 8.05. The van der Waals surface area contributed by atoms with E-state index in [0.29, 0.717) is 5.92 Å².